The van der Waals surface area contributed by atoms with E-state index < -0.39 is 30.0 Å². The summed E-state index contributed by atoms with van der Waals surface area (Å²) in [5.74, 6) is 0.0760. The van der Waals surface area contributed by atoms with Gasteiger partial charge in [0.25, 0.3) is 12.2 Å². The molecular formula is C29H30F2N7O3+. The summed E-state index contributed by atoms with van der Waals surface area (Å²) < 4.78 is 36.7. The number of alkyl halides is 1. The quantitative estimate of drug-likeness (QED) is 0.181. The monoisotopic (exact) mass is 562 g/mol. The van der Waals surface area contributed by atoms with E-state index in [-0.39, 0.29) is 37.6 Å². The number of imidazole rings is 1. The third kappa shape index (κ3) is 6.07. The zero-order valence-electron chi connectivity index (χ0n) is 22.1. The normalized spacial score (nSPS) is 19.2. The summed E-state index contributed by atoms with van der Waals surface area (Å²) in [6.45, 7) is -0.0826. The highest BCUT2D eigenvalue weighted by Crippen LogP contribution is 2.39. The van der Waals surface area contributed by atoms with E-state index in [1.165, 1.54) is 6.20 Å². The second kappa shape index (κ2) is 12.2. The highest BCUT2D eigenvalue weighted by atomic mass is 19.1. The van der Waals surface area contributed by atoms with Crippen LogP contribution < -0.4 is 21.2 Å². The van der Waals surface area contributed by atoms with Crippen molar-refractivity contribution in [1.82, 2.24) is 19.9 Å². The van der Waals surface area contributed by atoms with E-state index in [1.54, 1.807) is 18.2 Å². The molecule has 2 aromatic carbocycles. The molecule has 5 rings (SSSR count). The van der Waals surface area contributed by atoms with Crippen LogP contribution in [0, 0.1) is 5.82 Å². The number of fused-ring (bicyclic) bond motifs is 1. The zero-order valence-corrected chi connectivity index (χ0v) is 22.1. The molecule has 1 saturated carbocycles. The molecule has 2 heterocycles. The average molecular weight is 563 g/mol. The van der Waals surface area contributed by atoms with Gasteiger partial charge in [-0.2, -0.15) is 0 Å². The number of nitrogens with zero attached hydrogens (tertiary/aromatic N) is 4. The van der Waals surface area contributed by atoms with Crippen LogP contribution in [0.25, 0.3) is 22.4 Å². The molecule has 1 fully saturated rings. The van der Waals surface area contributed by atoms with Crippen molar-refractivity contribution in [2.45, 2.75) is 37.5 Å². The first-order valence-electron chi connectivity index (χ1n) is 13.2. The van der Waals surface area contributed by atoms with Crippen LogP contribution in [0.1, 0.15) is 41.4 Å². The van der Waals surface area contributed by atoms with E-state index in [2.05, 4.69) is 15.3 Å². The molecule has 1 aliphatic carbocycles. The molecule has 1 amide bonds. The summed E-state index contributed by atoms with van der Waals surface area (Å²) >= 11 is 0. The number of aliphatic hydroxyl groups excluding tert-OH is 1. The standard InChI is InChI=1S/C29H29F2N7O3/c30-18-7-8-34-24(14-18)29(40)36-20-12-19(31)13-21(15-20)38-25-11-17(27(33)35-16-32)5-6-23(25)37-28(38)22-3-1-2-4-26(22)41-10-9-39/h1-8,11,14,16,19-21,39H,9-10,12-13,15H2,(H,36,40)(H3,32,33,35)/p+1. The molecule has 4 aromatic rings. The van der Waals surface area contributed by atoms with Gasteiger partial charge < -0.3 is 25.5 Å². The number of hydrogen-bond acceptors (Lipinski definition) is 5. The molecule has 0 saturated heterocycles. The van der Waals surface area contributed by atoms with E-state index in [0.717, 1.165) is 18.5 Å². The van der Waals surface area contributed by atoms with Crippen molar-refractivity contribution in [3.05, 3.63) is 77.9 Å². The van der Waals surface area contributed by atoms with Gasteiger partial charge >= 0.3 is 0 Å². The number of carbonyl (C=O) groups excluding carboxylic acids is 1. The second-order valence-corrected chi connectivity index (χ2v) is 9.73. The highest BCUT2D eigenvalue weighted by molar-refractivity contribution is 6.03. The van der Waals surface area contributed by atoms with E-state index in [9.17, 15) is 14.3 Å². The summed E-state index contributed by atoms with van der Waals surface area (Å²) in [4.78, 5) is 25.6. The Bertz CT molecular complexity index is 1610. The van der Waals surface area contributed by atoms with Crippen LogP contribution in [0.4, 0.5) is 8.78 Å². The first-order valence-corrected chi connectivity index (χ1v) is 13.2. The lowest BCUT2D eigenvalue weighted by Crippen LogP contribution is -2.42. The highest BCUT2D eigenvalue weighted by Gasteiger charge is 2.34. The number of aliphatic imine (C=N–C) groups is 1. The maximum Gasteiger partial charge on any atom is 0.279 e. The van der Waals surface area contributed by atoms with Gasteiger partial charge in [0.05, 0.1) is 23.2 Å². The van der Waals surface area contributed by atoms with Crippen molar-refractivity contribution in [3.8, 4) is 17.1 Å². The molecule has 10 nitrogen and oxygen atoms in total. The van der Waals surface area contributed by atoms with Crippen LogP contribution >= 0.6 is 0 Å². The Morgan fingerprint density at radius 2 is 2.05 bits per heavy atom. The minimum absolute atomic E-state index is 0.0811. The van der Waals surface area contributed by atoms with Crippen molar-refractivity contribution in [3.63, 3.8) is 0 Å². The topological polar surface area (TPSA) is 153 Å². The van der Waals surface area contributed by atoms with E-state index in [4.69, 9.17) is 20.9 Å². The third-order valence-electron chi connectivity index (χ3n) is 6.96. The number of nitrogens with two attached hydrogens (primary N) is 2. The van der Waals surface area contributed by atoms with Crippen molar-refractivity contribution >= 4 is 29.1 Å². The number of hydrogen-bond donors (Lipinski definition) is 4. The number of aromatic nitrogens is 3. The van der Waals surface area contributed by atoms with E-state index >= 15 is 4.39 Å². The molecule has 3 atom stereocenters. The molecular weight excluding hydrogens is 532 g/mol. The largest absolute Gasteiger partial charge is 0.490 e. The van der Waals surface area contributed by atoms with Crippen LogP contribution in [-0.4, -0.2) is 63.2 Å². The fourth-order valence-electron chi connectivity index (χ4n) is 5.24. The van der Waals surface area contributed by atoms with Crippen molar-refractivity contribution in [2.24, 2.45) is 10.7 Å². The summed E-state index contributed by atoms with van der Waals surface area (Å²) in [6, 6.07) is 13.9. The summed E-state index contributed by atoms with van der Waals surface area (Å²) in [7, 11) is 0. The molecule has 0 radical (unpaired) electrons. The number of ether oxygens (including phenoxy) is 1. The van der Waals surface area contributed by atoms with Gasteiger partial charge in [-0.05, 0) is 60.7 Å². The summed E-state index contributed by atoms with van der Waals surface area (Å²) in [5, 5.41) is 17.6. The lowest BCUT2D eigenvalue weighted by Gasteiger charge is -2.34. The van der Waals surface area contributed by atoms with Crippen LogP contribution in [0.3, 0.4) is 0 Å². The molecule has 1 aliphatic rings. The van der Waals surface area contributed by atoms with Gasteiger partial charge in [-0.1, -0.05) is 12.1 Å². The van der Waals surface area contributed by atoms with Crippen molar-refractivity contribution in [1.29, 1.82) is 0 Å². The Morgan fingerprint density at radius 1 is 1.22 bits per heavy atom. The molecule has 212 valence electrons. The first-order chi connectivity index (χ1) is 19.9. The van der Waals surface area contributed by atoms with E-state index in [1.807, 2.05) is 28.8 Å². The Morgan fingerprint density at radius 3 is 2.83 bits per heavy atom. The number of aliphatic hydroxyl groups is 1. The fourth-order valence-corrected chi connectivity index (χ4v) is 5.24. The first kappa shape index (κ1) is 27.8. The van der Waals surface area contributed by atoms with Gasteiger partial charge in [0, 0.05) is 29.9 Å². The Labute approximate surface area is 234 Å². The van der Waals surface area contributed by atoms with Gasteiger partial charge in [-0.15, -0.1) is 0 Å². The van der Waals surface area contributed by atoms with Gasteiger partial charge in [0.2, 0.25) is 5.84 Å². The number of para-hydroxylation sites is 1. The Kier molecular flexibility index (Phi) is 8.29. The molecule has 2 aromatic heterocycles. The maximum absolute atomic E-state index is 15.3. The predicted molar refractivity (Wildman–Crippen MR) is 150 cm³/mol. The number of pyridine rings is 1. The molecule has 6 N–H and O–H groups in total. The lowest BCUT2D eigenvalue weighted by atomic mass is 9.88. The molecule has 3 unspecified atom stereocenters. The molecule has 41 heavy (non-hydrogen) atoms. The Hall–Kier alpha value is -4.71. The van der Waals surface area contributed by atoms with Crippen LogP contribution in [-0.2, 0) is 0 Å². The maximum atomic E-state index is 15.3. The minimum Gasteiger partial charge on any atom is -0.490 e. The number of amides is 1. The average Bonchev–Trinajstić information content (AvgIpc) is 3.34. The van der Waals surface area contributed by atoms with Gasteiger partial charge in [-0.25, -0.2) is 13.8 Å². The van der Waals surface area contributed by atoms with E-state index in [0.29, 0.717) is 40.2 Å². The number of rotatable bonds is 9. The molecule has 0 spiro atoms. The van der Waals surface area contributed by atoms with Crippen molar-refractivity contribution < 1.29 is 28.8 Å². The summed E-state index contributed by atoms with van der Waals surface area (Å²) in [5.41, 5.74) is 8.60. The smallest absolute Gasteiger partial charge is 0.279 e. The number of benzene rings is 2. The SMILES string of the molecule is NC(=NC=[NH2+])c1ccc2nc(-c3ccccc3OCCO)n(C3CC(F)CC(NC(=O)c4cc(F)ccn4)C3)c2c1. The van der Waals surface area contributed by atoms with Crippen LogP contribution in [0.15, 0.2) is 65.8 Å². The number of halogens is 2. The van der Waals surface area contributed by atoms with Crippen LogP contribution in [0.5, 0.6) is 5.75 Å². The lowest BCUT2D eigenvalue weighted by molar-refractivity contribution is -0.106. The number of amidine groups is 1. The Balaban J connectivity index is 1.58. The molecule has 12 heteroatoms. The van der Waals surface area contributed by atoms with Gasteiger partial charge in [0.1, 0.15) is 35.9 Å². The minimum atomic E-state index is -1.23. The van der Waals surface area contributed by atoms with Crippen LogP contribution in [0.2, 0.25) is 0 Å². The number of carbonyl (C=O) groups is 1. The number of nitrogens with one attached hydrogen (secondary N) is 1. The van der Waals surface area contributed by atoms with Gasteiger partial charge in [-0.3, -0.25) is 15.2 Å². The van der Waals surface area contributed by atoms with Crippen molar-refractivity contribution in [2.75, 3.05) is 13.2 Å². The molecule has 0 aliphatic heterocycles. The zero-order chi connectivity index (χ0) is 28.9. The second-order valence-electron chi connectivity index (χ2n) is 9.73. The third-order valence-corrected chi connectivity index (χ3v) is 6.96. The fraction of sp³-hybridized carbons (Fsp3) is 0.276. The summed E-state index contributed by atoms with van der Waals surface area (Å²) in [6.07, 6.45) is 1.74. The van der Waals surface area contributed by atoms with Gasteiger partial charge in [0.15, 0.2) is 0 Å². The predicted octanol–water partition coefficient (Wildman–Crippen LogP) is 1.96. The molecule has 0 bridgehead atoms.